The number of hydrogen-bond donors (Lipinski definition) is 1. The fourth-order valence-corrected chi connectivity index (χ4v) is 2.43. The van der Waals surface area contributed by atoms with Crippen LogP contribution in [0, 0.1) is 5.92 Å². The highest BCUT2D eigenvalue weighted by atomic mass is 16.4. The van der Waals surface area contributed by atoms with E-state index in [9.17, 15) is 9.90 Å². The van der Waals surface area contributed by atoms with Gasteiger partial charge in [-0.15, -0.1) is 0 Å². The minimum Gasteiger partial charge on any atom is -0.481 e. The van der Waals surface area contributed by atoms with Gasteiger partial charge in [-0.05, 0) is 12.1 Å². The van der Waals surface area contributed by atoms with Crippen molar-refractivity contribution >= 4 is 5.97 Å². The van der Waals surface area contributed by atoms with E-state index >= 15 is 0 Å². The van der Waals surface area contributed by atoms with Crippen molar-refractivity contribution in [3.05, 3.63) is 35.9 Å². The lowest BCUT2D eigenvalue weighted by Crippen LogP contribution is -2.23. The molecule has 0 radical (unpaired) electrons. The summed E-state index contributed by atoms with van der Waals surface area (Å²) in [5, 5.41) is 9.23. The molecular weight excluding hydrogens is 202 g/mol. The lowest BCUT2D eigenvalue weighted by atomic mass is 9.89. The molecule has 1 fully saturated rings. The number of likely N-dealkylation sites (tertiary alicyclic amines) is 1. The molecule has 1 aliphatic heterocycles. The summed E-state index contributed by atoms with van der Waals surface area (Å²) in [5.74, 6) is -0.800. The molecule has 86 valence electrons. The first-order chi connectivity index (χ1) is 7.72. The summed E-state index contributed by atoms with van der Waals surface area (Å²) in [6, 6.07) is 9.97. The summed E-state index contributed by atoms with van der Waals surface area (Å²) in [7, 11) is 0. The Morgan fingerprint density at radius 2 is 2.06 bits per heavy atom. The number of carboxylic acid groups (broad SMARTS) is 1. The van der Waals surface area contributed by atoms with Gasteiger partial charge in [-0.2, -0.15) is 0 Å². The van der Waals surface area contributed by atoms with E-state index in [1.165, 1.54) is 0 Å². The fraction of sp³-hybridized carbons (Fsp3) is 0.462. The largest absolute Gasteiger partial charge is 0.481 e. The van der Waals surface area contributed by atoms with Crippen molar-refractivity contribution in [2.75, 3.05) is 19.6 Å². The van der Waals surface area contributed by atoms with Gasteiger partial charge < -0.3 is 10.0 Å². The third kappa shape index (κ3) is 2.09. The number of hydrogen-bond acceptors (Lipinski definition) is 2. The van der Waals surface area contributed by atoms with Gasteiger partial charge in [-0.3, -0.25) is 4.79 Å². The molecule has 0 saturated carbocycles. The van der Waals surface area contributed by atoms with Crippen LogP contribution >= 0.6 is 0 Å². The van der Waals surface area contributed by atoms with Crippen molar-refractivity contribution < 1.29 is 9.90 Å². The molecule has 0 bridgehead atoms. The molecule has 1 aromatic rings. The van der Waals surface area contributed by atoms with Crippen LogP contribution < -0.4 is 0 Å². The maximum absolute atomic E-state index is 11.2. The van der Waals surface area contributed by atoms with Gasteiger partial charge in [0.2, 0.25) is 0 Å². The molecule has 16 heavy (non-hydrogen) atoms. The first-order valence-electron chi connectivity index (χ1n) is 5.72. The maximum atomic E-state index is 11.2. The van der Waals surface area contributed by atoms with Crippen molar-refractivity contribution in [1.82, 2.24) is 4.90 Å². The van der Waals surface area contributed by atoms with Crippen LogP contribution in [0.15, 0.2) is 30.3 Å². The molecule has 1 aliphatic rings. The second kappa shape index (κ2) is 4.66. The van der Waals surface area contributed by atoms with Crippen LogP contribution in [0.2, 0.25) is 0 Å². The number of carboxylic acids is 1. The Bertz CT molecular complexity index is 363. The molecular formula is C13H17NO2. The van der Waals surface area contributed by atoms with E-state index in [0.29, 0.717) is 6.54 Å². The quantitative estimate of drug-likeness (QED) is 0.842. The smallest absolute Gasteiger partial charge is 0.308 e. The minimum atomic E-state index is -0.676. The molecule has 0 aliphatic carbocycles. The number of nitrogens with zero attached hydrogens (tertiary/aromatic N) is 1. The molecule has 0 amide bonds. The molecule has 1 aromatic carbocycles. The highest BCUT2D eigenvalue weighted by molar-refractivity contribution is 5.72. The van der Waals surface area contributed by atoms with E-state index in [-0.39, 0.29) is 11.8 Å². The molecule has 1 unspecified atom stereocenters. The highest BCUT2D eigenvalue weighted by Crippen LogP contribution is 2.32. The third-order valence-corrected chi connectivity index (χ3v) is 3.39. The van der Waals surface area contributed by atoms with Crippen LogP contribution in [0.25, 0.3) is 0 Å². The van der Waals surface area contributed by atoms with E-state index in [1.807, 2.05) is 30.3 Å². The Hall–Kier alpha value is -1.35. The van der Waals surface area contributed by atoms with E-state index in [2.05, 4.69) is 11.8 Å². The lowest BCUT2D eigenvalue weighted by molar-refractivity contribution is -0.141. The number of rotatable bonds is 3. The zero-order chi connectivity index (χ0) is 11.5. The van der Waals surface area contributed by atoms with Crippen LogP contribution in [0.5, 0.6) is 0 Å². The van der Waals surface area contributed by atoms with Crippen LogP contribution in [0.3, 0.4) is 0 Å². The summed E-state index contributed by atoms with van der Waals surface area (Å²) < 4.78 is 0. The zero-order valence-electron chi connectivity index (χ0n) is 9.47. The SMILES string of the molecule is CCN1CC(c2ccccc2)[C@H](C(=O)O)C1. The number of aliphatic carboxylic acids is 1. The summed E-state index contributed by atoms with van der Waals surface area (Å²) in [6.45, 7) is 4.53. The average Bonchev–Trinajstić information content (AvgIpc) is 2.74. The standard InChI is InChI=1S/C13H17NO2/c1-2-14-8-11(12(9-14)13(15)16)10-6-4-3-5-7-10/h3-7,11-12H,2,8-9H2,1H3,(H,15,16)/t11?,12-/m1/s1. The van der Waals surface area contributed by atoms with Crippen molar-refractivity contribution in [3.8, 4) is 0 Å². The Labute approximate surface area is 95.7 Å². The molecule has 3 heteroatoms. The molecule has 3 nitrogen and oxygen atoms in total. The summed E-state index contributed by atoms with van der Waals surface area (Å²) in [6.07, 6.45) is 0. The molecule has 2 atom stereocenters. The minimum absolute atomic E-state index is 0.138. The summed E-state index contributed by atoms with van der Waals surface area (Å²) in [5.41, 5.74) is 1.14. The summed E-state index contributed by atoms with van der Waals surface area (Å²) in [4.78, 5) is 13.4. The van der Waals surface area contributed by atoms with Crippen LogP contribution in [-0.2, 0) is 4.79 Å². The van der Waals surface area contributed by atoms with Crippen molar-refractivity contribution in [1.29, 1.82) is 0 Å². The van der Waals surface area contributed by atoms with Gasteiger partial charge >= 0.3 is 5.97 Å². The Morgan fingerprint density at radius 3 is 2.62 bits per heavy atom. The van der Waals surface area contributed by atoms with Crippen molar-refractivity contribution in [2.24, 2.45) is 5.92 Å². The van der Waals surface area contributed by atoms with E-state index < -0.39 is 5.97 Å². The van der Waals surface area contributed by atoms with Crippen LogP contribution in [-0.4, -0.2) is 35.6 Å². The van der Waals surface area contributed by atoms with Crippen LogP contribution in [0.1, 0.15) is 18.4 Å². The number of likely N-dealkylation sites (N-methyl/N-ethyl adjacent to an activating group) is 1. The van der Waals surface area contributed by atoms with E-state index in [0.717, 1.165) is 18.7 Å². The number of benzene rings is 1. The van der Waals surface area contributed by atoms with Crippen LogP contribution in [0.4, 0.5) is 0 Å². The lowest BCUT2D eigenvalue weighted by Gasteiger charge is -2.14. The molecule has 1 N–H and O–H groups in total. The molecule has 2 rings (SSSR count). The Morgan fingerprint density at radius 1 is 1.38 bits per heavy atom. The van der Waals surface area contributed by atoms with E-state index in [1.54, 1.807) is 0 Å². The van der Waals surface area contributed by atoms with Gasteiger partial charge in [0.15, 0.2) is 0 Å². The van der Waals surface area contributed by atoms with Crippen molar-refractivity contribution in [3.63, 3.8) is 0 Å². The van der Waals surface area contributed by atoms with Gasteiger partial charge in [0.25, 0.3) is 0 Å². The number of carbonyl (C=O) groups is 1. The molecule has 1 heterocycles. The fourth-order valence-electron chi connectivity index (χ4n) is 2.43. The first kappa shape index (κ1) is 11.1. The molecule has 1 saturated heterocycles. The topological polar surface area (TPSA) is 40.5 Å². The van der Waals surface area contributed by atoms with Gasteiger partial charge in [0.05, 0.1) is 5.92 Å². The van der Waals surface area contributed by atoms with E-state index in [4.69, 9.17) is 0 Å². The monoisotopic (exact) mass is 219 g/mol. The van der Waals surface area contributed by atoms with Gasteiger partial charge in [0, 0.05) is 19.0 Å². The predicted octanol–water partition coefficient (Wildman–Crippen LogP) is 1.81. The molecule has 0 aromatic heterocycles. The van der Waals surface area contributed by atoms with Crippen molar-refractivity contribution in [2.45, 2.75) is 12.8 Å². The van der Waals surface area contributed by atoms with Gasteiger partial charge in [-0.1, -0.05) is 37.3 Å². The van der Waals surface area contributed by atoms with Gasteiger partial charge in [0.1, 0.15) is 0 Å². The summed E-state index contributed by atoms with van der Waals surface area (Å²) >= 11 is 0. The first-order valence-corrected chi connectivity index (χ1v) is 5.72. The van der Waals surface area contributed by atoms with Gasteiger partial charge in [-0.25, -0.2) is 0 Å². The Kier molecular flexibility index (Phi) is 3.25. The average molecular weight is 219 g/mol. The second-order valence-electron chi connectivity index (χ2n) is 4.31. The normalized spacial score (nSPS) is 25.8. The molecule has 0 spiro atoms. The Balaban J connectivity index is 2.22. The predicted molar refractivity (Wildman–Crippen MR) is 62.4 cm³/mol. The second-order valence-corrected chi connectivity index (χ2v) is 4.31. The highest BCUT2D eigenvalue weighted by Gasteiger charge is 2.37. The zero-order valence-corrected chi connectivity index (χ0v) is 9.47. The third-order valence-electron chi connectivity index (χ3n) is 3.39. The maximum Gasteiger partial charge on any atom is 0.308 e.